The van der Waals surface area contributed by atoms with Crippen LogP contribution in [0.4, 0.5) is 11.4 Å². The van der Waals surface area contributed by atoms with E-state index in [0.29, 0.717) is 17.6 Å². The van der Waals surface area contributed by atoms with Gasteiger partial charge in [0.2, 0.25) is 11.8 Å². The van der Waals surface area contributed by atoms with Gasteiger partial charge in [-0.3, -0.25) is 39.1 Å². The number of likely N-dealkylation sites (tertiary alicyclic amines) is 1. The van der Waals surface area contributed by atoms with Crippen LogP contribution in [0.1, 0.15) is 29.9 Å². The molecule has 2 aliphatic carbocycles. The first-order valence-electron chi connectivity index (χ1n) is 13.3. The number of nitro benzene ring substituents is 1. The summed E-state index contributed by atoms with van der Waals surface area (Å²) in [7, 11) is 1.30. The van der Waals surface area contributed by atoms with Crippen molar-refractivity contribution in [1.29, 1.82) is 0 Å². The highest BCUT2D eigenvalue weighted by Gasteiger charge is 2.76. The minimum Gasteiger partial charge on any atom is -0.507 e. The number of alkyl halides is 2. The second kappa shape index (κ2) is 9.50. The third kappa shape index (κ3) is 3.51. The van der Waals surface area contributed by atoms with E-state index in [1.165, 1.54) is 31.3 Å². The van der Waals surface area contributed by atoms with Crippen LogP contribution >= 0.6 is 23.2 Å². The molecule has 1 N–H and O–H groups in total. The number of carbonyl (C=O) groups is 4. The van der Waals surface area contributed by atoms with Crippen molar-refractivity contribution in [3.8, 4) is 5.75 Å². The number of anilines is 1. The molecular formula is C30H25Cl2N3O7. The van der Waals surface area contributed by atoms with Crippen molar-refractivity contribution in [2.45, 2.75) is 34.9 Å². The zero-order valence-corrected chi connectivity index (χ0v) is 23.8. The first kappa shape index (κ1) is 28.1. The number of amides is 4. The third-order valence-corrected chi connectivity index (χ3v) is 10.6. The molecule has 2 saturated heterocycles. The van der Waals surface area contributed by atoms with Crippen molar-refractivity contribution in [3.05, 3.63) is 88.0 Å². The molecule has 1 saturated carbocycles. The fourth-order valence-corrected chi connectivity index (χ4v) is 8.24. The summed E-state index contributed by atoms with van der Waals surface area (Å²) in [5, 5.41) is 22.5. The maximum Gasteiger partial charge on any atom is 0.269 e. The maximum atomic E-state index is 14.0. The molecule has 6 rings (SSSR count). The van der Waals surface area contributed by atoms with E-state index in [1.807, 2.05) is 0 Å². The van der Waals surface area contributed by atoms with E-state index in [9.17, 15) is 34.4 Å². The predicted molar refractivity (Wildman–Crippen MR) is 153 cm³/mol. The van der Waals surface area contributed by atoms with Crippen LogP contribution in [0.3, 0.4) is 0 Å². The summed E-state index contributed by atoms with van der Waals surface area (Å²) in [6.45, 7) is 3.73. The van der Waals surface area contributed by atoms with Gasteiger partial charge in [-0.05, 0) is 42.9 Å². The summed E-state index contributed by atoms with van der Waals surface area (Å²) in [6, 6.07) is 10.1. The van der Waals surface area contributed by atoms with Crippen molar-refractivity contribution in [2.75, 3.05) is 11.9 Å². The number of hydrogen-bond donors (Lipinski definition) is 1. The lowest BCUT2D eigenvalue weighted by atomic mass is 9.56. The lowest BCUT2D eigenvalue weighted by Crippen LogP contribution is -2.60. The quantitative estimate of drug-likeness (QED) is 0.176. The molecule has 0 aromatic heterocycles. The van der Waals surface area contributed by atoms with Crippen LogP contribution in [-0.2, 0) is 25.6 Å². The lowest BCUT2D eigenvalue weighted by molar-refractivity contribution is -0.384. The number of phenolic OH excluding ortho intramolecular Hbond substituents is 1. The Kier molecular flexibility index (Phi) is 6.36. The number of hydrogen-bond acceptors (Lipinski definition) is 7. The van der Waals surface area contributed by atoms with Gasteiger partial charge in [0.25, 0.3) is 17.5 Å². The van der Waals surface area contributed by atoms with Gasteiger partial charge in [0.1, 0.15) is 5.75 Å². The minimum absolute atomic E-state index is 0.124. The van der Waals surface area contributed by atoms with Crippen molar-refractivity contribution in [1.82, 2.24) is 4.90 Å². The molecule has 2 aromatic rings. The van der Waals surface area contributed by atoms with E-state index in [2.05, 4.69) is 6.58 Å². The van der Waals surface area contributed by atoms with Gasteiger partial charge >= 0.3 is 0 Å². The molecule has 2 aliphatic heterocycles. The second-order valence-electron chi connectivity index (χ2n) is 11.1. The van der Waals surface area contributed by atoms with Crippen LogP contribution in [0, 0.1) is 27.9 Å². The van der Waals surface area contributed by atoms with E-state index >= 15 is 0 Å². The molecule has 2 heterocycles. The van der Waals surface area contributed by atoms with Gasteiger partial charge in [0, 0.05) is 30.7 Å². The fraction of sp³-hybridized carbons (Fsp3) is 0.333. The van der Waals surface area contributed by atoms with Crippen molar-refractivity contribution in [3.63, 3.8) is 0 Å². The van der Waals surface area contributed by atoms with E-state index in [4.69, 9.17) is 23.2 Å². The van der Waals surface area contributed by atoms with Crippen LogP contribution in [0.15, 0.2) is 66.8 Å². The number of aromatic hydroxyl groups is 1. The number of carbonyl (C=O) groups excluding carboxylic acids is 4. The molecule has 4 aliphatic rings. The van der Waals surface area contributed by atoms with Gasteiger partial charge in [0.05, 0.1) is 22.4 Å². The van der Waals surface area contributed by atoms with E-state index < -0.39 is 62.0 Å². The number of phenols is 1. The molecule has 0 unspecified atom stereocenters. The third-order valence-electron chi connectivity index (χ3n) is 9.16. The highest BCUT2D eigenvalue weighted by molar-refractivity contribution is 6.53. The van der Waals surface area contributed by atoms with E-state index in [-0.39, 0.29) is 35.5 Å². The van der Waals surface area contributed by atoms with Gasteiger partial charge in [-0.1, -0.05) is 35.9 Å². The monoisotopic (exact) mass is 609 g/mol. The number of para-hydroxylation sites is 1. The number of nitrogens with zero attached hydrogens (tertiary/aromatic N) is 3. The molecule has 6 atom stereocenters. The number of allylic oxidation sites excluding steroid dienone is 3. The number of benzene rings is 2. The normalized spacial score (nSPS) is 31.9. The fourth-order valence-electron chi connectivity index (χ4n) is 7.23. The Hall–Kier alpha value is -4.02. The number of fused-ring (bicyclic) bond motifs is 4. The Bertz CT molecular complexity index is 1640. The van der Waals surface area contributed by atoms with Crippen LogP contribution in [0.5, 0.6) is 5.75 Å². The Labute approximate surface area is 250 Å². The van der Waals surface area contributed by atoms with Gasteiger partial charge < -0.3 is 5.11 Å². The number of halogens is 2. The van der Waals surface area contributed by atoms with Gasteiger partial charge in [-0.25, -0.2) is 0 Å². The first-order chi connectivity index (χ1) is 19.9. The average molecular weight is 610 g/mol. The molecule has 0 bridgehead atoms. The molecule has 216 valence electrons. The Morgan fingerprint density at radius 2 is 1.76 bits per heavy atom. The van der Waals surface area contributed by atoms with Crippen molar-refractivity contribution in [2.24, 2.45) is 17.8 Å². The summed E-state index contributed by atoms with van der Waals surface area (Å²) >= 11 is 14.3. The smallest absolute Gasteiger partial charge is 0.269 e. The molecule has 0 spiro atoms. The minimum atomic E-state index is -2.01. The lowest BCUT2D eigenvalue weighted by Gasteiger charge is -2.50. The molecule has 2 aromatic carbocycles. The predicted octanol–water partition coefficient (Wildman–Crippen LogP) is 4.22. The first-order valence-corrected chi connectivity index (χ1v) is 14.1. The highest BCUT2D eigenvalue weighted by Crippen LogP contribution is 2.66. The molecule has 12 heteroatoms. The van der Waals surface area contributed by atoms with Gasteiger partial charge in [-0.2, -0.15) is 0 Å². The highest BCUT2D eigenvalue weighted by atomic mass is 35.5. The van der Waals surface area contributed by atoms with Crippen LogP contribution in [0.2, 0.25) is 0 Å². The standard InChI is InChI=1S/C30H25Cl2N3O7/c1-3-5-15-6-4-7-20(24(15)36)23-18-12-13-19-22(21(18)14-29(31)27(39)33(2)28(40)30(23,29)32)26(38)34(25(19)37)16-8-10-17(11-9-16)35(41)42/h3-4,6-12,19,21-23,36H,1,5,13-14H2,2H3/t19-,21+,22-,23+,29+,30-/m0/s1. The molecule has 4 amide bonds. The number of nitro groups is 1. The zero-order valence-electron chi connectivity index (χ0n) is 22.3. The SMILES string of the molecule is C=CCc1cccc([C@H]2C3=CC[C@@H]4C(=O)N(c5ccc([N+](=O)[O-])cc5)C(=O)[C@@H]4[C@@H]3C[C@@]3(Cl)C(=O)N(C)C(=O)[C@@]23Cl)c1O. The number of non-ortho nitro benzene ring substituents is 1. The Balaban J connectivity index is 1.50. The van der Waals surface area contributed by atoms with Crippen molar-refractivity contribution < 1.29 is 29.2 Å². The summed E-state index contributed by atoms with van der Waals surface area (Å²) in [4.78, 5) is 63.4. The summed E-state index contributed by atoms with van der Waals surface area (Å²) in [5.74, 6) is -6.13. The van der Waals surface area contributed by atoms with Gasteiger partial charge in [-0.15, -0.1) is 29.8 Å². The Morgan fingerprint density at radius 1 is 1.07 bits per heavy atom. The summed E-state index contributed by atoms with van der Waals surface area (Å²) in [6.07, 6.45) is 3.68. The second-order valence-corrected chi connectivity index (χ2v) is 12.4. The van der Waals surface area contributed by atoms with E-state index in [0.717, 1.165) is 9.80 Å². The zero-order chi connectivity index (χ0) is 30.3. The Morgan fingerprint density at radius 3 is 2.40 bits per heavy atom. The largest absolute Gasteiger partial charge is 0.507 e. The molecular weight excluding hydrogens is 585 g/mol. The summed E-state index contributed by atoms with van der Waals surface area (Å²) in [5.41, 5.74) is 1.36. The average Bonchev–Trinajstić information content (AvgIpc) is 3.29. The molecule has 10 nitrogen and oxygen atoms in total. The summed E-state index contributed by atoms with van der Waals surface area (Å²) < 4.78 is 0. The van der Waals surface area contributed by atoms with Crippen LogP contribution in [0.25, 0.3) is 0 Å². The van der Waals surface area contributed by atoms with Crippen molar-refractivity contribution >= 4 is 58.2 Å². The van der Waals surface area contributed by atoms with Crippen LogP contribution in [-0.4, -0.2) is 55.4 Å². The number of imide groups is 2. The maximum absolute atomic E-state index is 14.0. The van der Waals surface area contributed by atoms with Crippen LogP contribution < -0.4 is 4.90 Å². The topological polar surface area (TPSA) is 138 Å². The molecule has 0 radical (unpaired) electrons. The van der Waals surface area contributed by atoms with E-state index in [1.54, 1.807) is 30.4 Å². The molecule has 3 fully saturated rings. The molecule has 42 heavy (non-hydrogen) atoms. The number of rotatable bonds is 5. The van der Waals surface area contributed by atoms with Gasteiger partial charge in [0.15, 0.2) is 9.75 Å².